The second-order valence-electron chi connectivity index (χ2n) is 6.20. The summed E-state index contributed by atoms with van der Waals surface area (Å²) in [6.07, 6.45) is 10.3. The van der Waals surface area contributed by atoms with E-state index in [9.17, 15) is 9.59 Å². The van der Waals surface area contributed by atoms with Gasteiger partial charge in [0.2, 0.25) is 11.8 Å². The lowest BCUT2D eigenvalue weighted by atomic mass is 10.1. The summed E-state index contributed by atoms with van der Waals surface area (Å²) in [4.78, 5) is 23.1. The fourth-order valence-corrected chi connectivity index (χ4v) is 2.81. The van der Waals surface area contributed by atoms with Crippen LogP contribution in [0.3, 0.4) is 0 Å². The molecule has 23 heavy (non-hydrogen) atoms. The van der Waals surface area contributed by atoms with E-state index in [0.29, 0.717) is 31.8 Å². The molecule has 1 fully saturated rings. The second kappa shape index (κ2) is 14.8. The van der Waals surface area contributed by atoms with Crippen molar-refractivity contribution in [2.45, 2.75) is 77.2 Å². The fourth-order valence-electron chi connectivity index (χ4n) is 2.81. The van der Waals surface area contributed by atoms with Gasteiger partial charge in [0.1, 0.15) is 0 Å². The Morgan fingerprint density at radius 1 is 0.870 bits per heavy atom. The van der Waals surface area contributed by atoms with Crippen LogP contribution < -0.4 is 16.0 Å². The zero-order valence-corrected chi connectivity index (χ0v) is 15.3. The third kappa shape index (κ3) is 12.3. The summed E-state index contributed by atoms with van der Waals surface area (Å²) in [7, 11) is 0. The Kier molecular flexibility index (Phi) is 14.2. The van der Waals surface area contributed by atoms with Crippen molar-refractivity contribution in [3.63, 3.8) is 0 Å². The van der Waals surface area contributed by atoms with Crippen molar-refractivity contribution >= 4 is 24.2 Å². The maximum absolute atomic E-state index is 11.7. The number of halogens is 1. The minimum absolute atomic E-state index is 0. The molecule has 0 radical (unpaired) electrons. The van der Waals surface area contributed by atoms with E-state index in [4.69, 9.17) is 0 Å². The number of carbonyl (C=O) groups is 2. The molecule has 0 spiro atoms. The number of carbonyl (C=O) groups excluding carboxylic acids is 2. The highest BCUT2D eigenvalue weighted by atomic mass is 35.5. The van der Waals surface area contributed by atoms with Crippen molar-refractivity contribution in [1.29, 1.82) is 0 Å². The Labute approximate surface area is 147 Å². The van der Waals surface area contributed by atoms with Crippen molar-refractivity contribution in [3.05, 3.63) is 0 Å². The van der Waals surface area contributed by atoms with Gasteiger partial charge in [-0.2, -0.15) is 0 Å². The van der Waals surface area contributed by atoms with E-state index in [-0.39, 0.29) is 24.2 Å². The first-order valence-corrected chi connectivity index (χ1v) is 8.99. The topological polar surface area (TPSA) is 70.2 Å². The molecule has 0 saturated heterocycles. The predicted octanol–water partition coefficient (Wildman–Crippen LogP) is 2.53. The van der Waals surface area contributed by atoms with Crippen LogP contribution in [0, 0.1) is 0 Å². The molecule has 0 aromatic heterocycles. The number of hydrogen-bond donors (Lipinski definition) is 3. The summed E-state index contributed by atoms with van der Waals surface area (Å²) in [5.74, 6) is 0.0932. The van der Waals surface area contributed by atoms with E-state index in [2.05, 4.69) is 16.0 Å². The lowest BCUT2D eigenvalue weighted by Gasteiger charge is -2.16. The normalized spacial score (nSPS) is 15.3. The van der Waals surface area contributed by atoms with Crippen LogP contribution in [0.25, 0.3) is 0 Å². The lowest BCUT2D eigenvalue weighted by Crippen LogP contribution is -2.36. The zero-order chi connectivity index (χ0) is 16.0. The van der Waals surface area contributed by atoms with Crippen molar-refractivity contribution in [3.8, 4) is 0 Å². The van der Waals surface area contributed by atoms with E-state index in [1.807, 2.05) is 6.92 Å². The van der Waals surface area contributed by atoms with E-state index < -0.39 is 0 Å². The molecule has 6 heteroatoms. The molecule has 2 amide bonds. The van der Waals surface area contributed by atoms with Crippen LogP contribution in [-0.4, -0.2) is 37.5 Å². The van der Waals surface area contributed by atoms with Gasteiger partial charge in [-0.3, -0.25) is 9.59 Å². The maximum atomic E-state index is 11.7. The van der Waals surface area contributed by atoms with E-state index >= 15 is 0 Å². The van der Waals surface area contributed by atoms with Gasteiger partial charge in [-0.1, -0.05) is 32.6 Å². The molecule has 0 atom stereocenters. The van der Waals surface area contributed by atoms with Gasteiger partial charge in [0, 0.05) is 38.5 Å². The molecule has 0 heterocycles. The standard InChI is InChI=1S/C17H33N3O2.ClH/c1-2-12-19-16(21)10-7-11-17(22)20-14-13-18-15-8-5-3-4-6-9-15;/h15,18H,2-14H2,1H3,(H,19,21)(H,20,22);1H. The summed E-state index contributed by atoms with van der Waals surface area (Å²) in [5, 5.41) is 9.28. The first kappa shape index (κ1) is 22.2. The maximum Gasteiger partial charge on any atom is 0.220 e. The van der Waals surface area contributed by atoms with Crippen LogP contribution in [0.2, 0.25) is 0 Å². The predicted molar refractivity (Wildman–Crippen MR) is 96.9 cm³/mol. The third-order valence-electron chi connectivity index (χ3n) is 4.12. The molecule has 1 aliphatic rings. The molecule has 0 unspecified atom stereocenters. The molecule has 5 nitrogen and oxygen atoms in total. The van der Waals surface area contributed by atoms with Gasteiger partial charge in [-0.25, -0.2) is 0 Å². The largest absolute Gasteiger partial charge is 0.356 e. The Bertz CT molecular complexity index is 319. The Hall–Kier alpha value is -0.810. The van der Waals surface area contributed by atoms with Crippen molar-refractivity contribution in [2.24, 2.45) is 0 Å². The first-order chi connectivity index (χ1) is 10.7. The summed E-state index contributed by atoms with van der Waals surface area (Å²) in [6, 6.07) is 0.627. The highest BCUT2D eigenvalue weighted by Crippen LogP contribution is 2.16. The number of nitrogens with one attached hydrogen (secondary N) is 3. The Balaban J connectivity index is 0.00000484. The highest BCUT2D eigenvalue weighted by Gasteiger charge is 2.11. The smallest absolute Gasteiger partial charge is 0.220 e. The third-order valence-corrected chi connectivity index (χ3v) is 4.12. The molecule has 0 aromatic carbocycles. The lowest BCUT2D eigenvalue weighted by molar-refractivity contribution is -0.122. The van der Waals surface area contributed by atoms with Gasteiger partial charge in [0.15, 0.2) is 0 Å². The first-order valence-electron chi connectivity index (χ1n) is 8.99. The molecule has 136 valence electrons. The van der Waals surface area contributed by atoms with E-state index in [1.165, 1.54) is 38.5 Å². The highest BCUT2D eigenvalue weighted by molar-refractivity contribution is 5.85. The van der Waals surface area contributed by atoms with Crippen LogP contribution in [-0.2, 0) is 9.59 Å². The number of amides is 2. The van der Waals surface area contributed by atoms with Crippen LogP contribution >= 0.6 is 12.4 Å². The summed E-state index contributed by atoms with van der Waals surface area (Å²) in [5.41, 5.74) is 0. The van der Waals surface area contributed by atoms with Crippen LogP contribution in [0.1, 0.15) is 71.1 Å². The Morgan fingerprint density at radius 2 is 1.43 bits per heavy atom. The molecule has 1 rings (SSSR count). The number of hydrogen-bond acceptors (Lipinski definition) is 3. The molecular formula is C17H34ClN3O2. The van der Waals surface area contributed by atoms with Gasteiger partial charge < -0.3 is 16.0 Å². The van der Waals surface area contributed by atoms with E-state index in [1.54, 1.807) is 0 Å². The number of rotatable bonds is 10. The van der Waals surface area contributed by atoms with Crippen LogP contribution in [0.5, 0.6) is 0 Å². The SMILES string of the molecule is CCCNC(=O)CCCC(=O)NCCNC1CCCCCC1.Cl. The second-order valence-corrected chi connectivity index (χ2v) is 6.20. The molecular weight excluding hydrogens is 314 g/mol. The average molecular weight is 348 g/mol. The zero-order valence-electron chi connectivity index (χ0n) is 14.5. The van der Waals surface area contributed by atoms with Crippen LogP contribution in [0.15, 0.2) is 0 Å². The van der Waals surface area contributed by atoms with Gasteiger partial charge >= 0.3 is 0 Å². The monoisotopic (exact) mass is 347 g/mol. The molecule has 0 bridgehead atoms. The molecule has 1 aliphatic carbocycles. The summed E-state index contributed by atoms with van der Waals surface area (Å²) < 4.78 is 0. The molecule has 0 aliphatic heterocycles. The minimum Gasteiger partial charge on any atom is -0.356 e. The van der Waals surface area contributed by atoms with Crippen LogP contribution in [0.4, 0.5) is 0 Å². The molecule has 1 saturated carbocycles. The van der Waals surface area contributed by atoms with Gasteiger partial charge in [-0.15, -0.1) is 12.4 Å². The molecule has 0 aromatic rings. The summed E-state index contributed by atoms with van der Waals surface area (Å²) >= 11 is 0. The average Bonchev–Trinajstić information content (AvgIpc) is 2.78. The fraction of sp³-hybridized carbons (Fsp3) is 0.882. The molecule has 3 N–H and O–H groups in total. The van der Waals surface area contributed by atoms with Crippen molar-refractivity contribution < 1.29 is 9.59 Å². The van der Waals surface area contributed by atoms with E-state index in [0.717, 1.165) is 19.5 Å². The Morgan fingerprint density at radius 3 is 2.00 bits per heavy atom. The van der Waals surface area contributed by atoms with Crippen molar-refractivity contribution in [1.82, 2.24) is 16.0 Å². The van der Waals surface area contributed by atoms with Gasteiger partial charge in [0.25, 0.3) is 0 Å². The van der Waals surface area contributed by atoms with Gasteiger partial charge in [0.05, 0.1) is 0 Å². The quantitative estimate of drug-likeness (QED) is 0.420. The van der Waals surface area contributed by atoms with Crippen molar-refractivity contribution in [2.75, 3.05) is 19.6 Å². The van der Waals surface area contributed by atoms with Gasteiger partial charge in [-0.05, 0) is 25.7 Å². The minimum atomic E-state index is 0. The summed E-state index contributed by atoms with van der Waals surface area (Å²) in [6.45, 7) is 4.26.